The number of rotatable bonds is 4. The van der Waals surface area contributed by atoms with E-state index in [0.29, 0.717) is 0 Å². The predicted octanol–water partition coefficient (Wildman–Crippen LogP) is 1.65. The standard InChI is InChI=1S/C11H19N3OS/c1-7(2)9(12)11(15)14(4)8(3)10-13-5-6-16-10/h5-9H,12H2,1-4H3/t8-,9-/m0/s1. The molecule has 0 aromatic carbocycles. The molecule has 0 bridgehead atoms. The highest BCUT2D eigenvalue weighted by Crippen LogP contribution is 2.21. The highest BCUT2D eigenvalue weighted by atomic mass is 32.1. The van der Waals surface area contributed by atoms with Crippen LogP contribution in [0.1, 0.15) is 31.8 Å². The Morgan fingerprint density at radius 3 is 2.56 bits per heavy atom. The van der Waals surface area contributed by atoms with Crippen molar-refractivity contribution in [3.05, 3.63) is 16.6 Å². The molecular formula is C11H19N3OS. The van der Waals surface area contributed by atoms with Crippen LogP contribution in [0.5, 0.6) is 0 Å². The summed E-state index contributed by atoms with van der Waals surface area (Å²) < 4.78 is 0. The number of carbonyl (C=O) groups excluding carboxylic acids is 1. The minimum absolute atomic E-state index is 0.0164. The number of thiazole rings is 1. The van der Waals surface area contributed by atoms with Gasteiger partial charge in [-0.1, -0.05) is 13.8 Å². The van der Waals surface area contributed by atoms with E-state index < -0.39 is 6.04 Å². The summed E-state index contributed by atoms with van der Waals surface area (Å²) in [4.78, 5) is 17.9. The zero-order valence-corrected chi connectivity index (χ0v) is 11.0. The topological polar surface area (TPSA) is 59.2 Å². The molecule has 1 amide bonds. The minimum atomic E-state index is -0.438. The quantitative estimate of drug-likeness (QED) is 0.872. The van der Waals surface area contributed by atoms with Gasteiger partial charge in [-0.05, 0) is 12.8 Å². The molecule has 2 atom stereocenters. The number of hydrogen-bond acceptors (Lipinski definition) is 4. The van der Waals surface area contributed by atoms with E-state index in [4.69, 9.17) is 5.73 Å². The Morgan fingerprint density at radius 2 is 2.12 bits per heavy atom. The minimum Gasteiger partial charge on any atom is -0.335 e. The lowest BCUT2D eigenvalue weighted by molar-refractivity contribution is -0.134. The van der Waals surface area contributed by atoms with Crippen molar-refractivity contribution in [1.29, 1.82) is 0 Å². The Morgan fingerprint density at radius 1 is 1.50 bits per heavy atom. The summed E-state index contributed by atoms with van der Waals surface area (Å²) in [5.74, 6) is 0.121. The van der Waals surface area contributed by atoms with Crippen molar-refractivity contribution in [3.63, 3.8) is 0 Å². The molecule has 16 heavy (non-hydrogen) atoms. The van der Waals surface area contributed by atoms with Gasteiger partial charge in [-0.3, -0.25) is 4.79 Å². The molecule has 2 N–H and O–H groups in total. The number of carbonyl (C=O) groups is 1. The SMILES string of the molecule is CC(C)[C@H](N)C(=O)N(C)[C@@H](C)c1nccs1. The second-order valence-corrected chi connectivity index (χ2v) is 5.19. The molecule has 0 saturated carbocycles. The van der Waals surface area contributed by atoms with Crippen LogP contribution >= 0.6 is 11.3 Å². The first-order valence-corrected chi connectivity index (χ1v) is 6.24. The van der Waals surface area contributed by atoms with Crippen molar-refractivity contribution in [2.75, 3.05) is 7.05 Å². The van der Waals surface area contributed by atoms with Gasteiger partial charge >= 0.3 is 0 Å². The molecule has 0 aliphatic rings. The van der Waals surface area contributed by atoms with Gasteiger partial charge in [-0.2, -0.15) is 0 Å². The van der Waals surface area contributed by atoms with E-state index in [2.05, 4.69) is 4.98 Å². The van der Waals surface area contributed by atoms with E-state index in [-0.39, 0.29) is 17.9 Å². The number of likely N-dealkylation sites (N-methyl/N-ethyl adjacent to an activating group) is 1. The van der Waals surface area contributed by atoms with Crippen LogP contribution in [0.25, 0.3) is 0 Å². The summed E-state index contributed by atoms with van der Waals surface area (Å²) >= 11 is 1.55. The second kappa shape index (κ2) is 5.41. The third-order valence-corrected chi connectivity index (χ3v) is 3.69. The van der Waals surface area contributed by atoms with Crippen LogP contribution in [-0.2, 0) is 4.79 Å². The van der Waals surface area contributed by atoms with Crippen LogP contribution < -0.4 is 5.73 Å². The average molecular weight is 241 g/mol. The van der Waals surface area contributed by atoms with Crippen molar-refractivity contribution >= 4 is 17.2 Å². The van der Waals surface area contributed by atoms with Gasteiger partial charge in [0.1, 0.15) is 5.01 Å². The molecule has 4 nitrogen and oxygen atoms in total. The van der Waals surface area contributed by atoms with Gasteiger partial charge in [0, 0.05) is 18.6 Å². The molecule has 0 aliphatic heterocycles. The van der Waals surface area contributed by atoms with E-state index >= 15 is 0 Å². The van der Waals surface area contributed by atoms with E-state index in [9.17, 15) is 4.79 Å². The Balaban J connectivity index is 2.71. The van der Waals surface area contributed by atoms with E-state index in [1.165, 1.54) is 0 Å². The first-order chi connectivity index (χ1) is 7.45. The molecule has 1 rings (SSSR count). The Bertz CT molecular complexity index is 337. The van der Waals surface area contributed by atoms with Crippen molar-refractivity contribution in [2.24, 2.45) is 11.7 Å². The molecule has 1 aromatic rings. The normalized spacial score (nSPS) is 14.9. The highest BCUT2D eigenvalue weighted by Gasteiger charge is 2.25. The van der Waals surface area contributed by atoms with Gasteiger partial charge < -0.3 is 10.6 Å². The second-order valence-electron chi connectivity index (χ2n) is 4.27. The van der Waals surface area contributed by atoms with Gasteiger partial charge in [-0.15, -0.1) is 11.3 Å². The lowest BCUT2D eigenvalue weighted by Crippen LogP contribution is -2.45. The van der Waals surface area contributed by atoms with Crippen LogP contribution in [0, 0.1) is 5.92 Å². The summed E-state index contributed by atoms with van der Waals surface area (Å²) in [6, 6.07) is -0.454. The first-order valence-electron chi connectivity index (χ1n) is 5.36. The Kier molecular flexibility index (Phi) is 4.44. The fourth-order valence-corrected chi connectivity index (χ4v) is 2.06. The molecule has 0 radical (unpaired) electrons. The van der Waals surface area contributed by atoms with Gasteiger partial charge in [0.05, 0.1) is 12.1 Å². The molecule has 0 unspecified atom stereocenters. The number of amides is 1. The lowest BCUT2D eigenvalue weighted by atomic mass is 10.0. The zero-order chi connectivity index (χ0) is 12.3. The third-order valence-electron chi connectivity index (χ3n) is 2.74. The maximum absolute atomic E-state index is 12.0. The maximum Gasteiger partial charge on any atom is 0.240 e. The van der Waals surface area contributed by atoms with Gasteiger partial charge in [0.2, 0.25) is 5.91 Å². The molecule has 0 fully saturated rings. The van der Waals surface area contributed by atoms with Crippen LogP contribution in [0.4, 0.5) is 0 Å². The van der Waals surface area contributed by atoms with E-state index in [1.807, 2.05) is 26.2 Å². The fraction of sp³-hybridized carbons (Fsp3) is 0.636. The van der Waals surface area contributed by atoms with Crippen LogP contribution in [0.15, 0.2) is 11.6 Å². The summed E-state index contributed by atoms with van der Waals surface area (Å²) in [6.07, 6.45) is 1.75. The molecule has 0 spiro atoms. The molecule has 5 heteroatoms. The first kappa shape index (κ1) is 13.1. The van der Waals surface area contributed by atoms with Gasteiger partial charge in [0.15, 0.2) is 0 Å². The summed E-state index contributed by atoms with van der Waals surface area (Å²) in [6.45, 7) is 5.86. The van der Waals surface area contributed by atoms with E-state index in [1.54, 1.807) is 29.5 Å². The van der Waals surface area contributed by atoms with Crippen LogP contribution in [0.3, 0.4) is 0 Å². The van der Waals surface area contributed by atoms with Crippen molar-refractivity contribution < 1.29 is 4.79 Å². The zero-order valence-electron chi connectivity index (χ0n) is 10.2. The Hall–Kier alpha value is -0.940. The molecule has 1 aromatic heterocycles. The van der Waals surface area contributed by atoms with Crippen LogP contribution in [-0.4, -0.2) is 28.9 Å². The summed E-state index contributed by atoms with van der Waals surface area (Å²) in [5, 5.41) is 2.85. The summed E-state index contributed by atoms with van der Waals surface area (Å²) in [5.41, 5.74) is 5.84. The van der Waals surface area contributed by atoms with E-state index in [0.717, 1.165) is 5.01 Å². The monoisotopic (exact) mass is 241 g/mol. The Labute approximate surface area is 100 Å². The molecular weight excluding hydrogens is 222 g/mol. The fourth-order valence-electron chi connectivity index (χ4n) is 1.32. The van der Waals surface area contributed by atoms with Crippen molar-refractivity contribution in [2.45, 2.75) is 32.9 Å². The molecule has 0 aliphatic carbocycles. The van der Waals surface area contributed by atoms with Gasteiger partial charge in [0.25, 0.3) is 0 Å². The average Bonchev–Trinajstić information content (AvgIpc) is 2.78. The third kappa shape index (κ3) is 2.80. The summed E-state index contributed by atoms with van der Waals surface area (Å²) in [7, 11) is 1.77. The highest BCUT2D eigenvalue weighted by molar-refractivity contribution is 7.09. The van der Waals surface area contributed by atoms with Crippen LogP contribution in [0.2, 0.25) is 0 Å². The predicted molar refractivity (Wildman–Crippen MR) is 66.1 cm³/mol. The molecule has 1 heterocycles. The van der Waals surface area contributed by atoms with Gasteiger partial charge in [-0.25, -0.2) is 4.98 Å². The number of hydrogen-bond donors (Lipinski definition) is 1. The van der Waals surface area contributed by atoms with Crippen molar-refractivity contribution in [3.8, 4) is 0 Å². The maximum atomic E-state index is 12.0. The number of nitrogens with two attached hydrogens (primary N) is 1. The largest absolute Gasteiger partial charge is 0.335 e. The number of nitrogens with zero attached hydrogens (tertiary/aromatic N) is 2. The molecule has 90 valence electrons. The molecule has 0 saturated heterocycles. The van der Waals surface area contributed by atoms with Crippen molar-refractivity contribution in [1.82, 2.24) is 9.88 Å². The smallest absolute Gasteiger partial charge is 0.240 e. The lowest BCUT2D eigenvalue weighted by Gasteiger charge is -2.27. The number of aromatic nitrogens is 1.